The van der Waals surface area contributed by atoms with Crippen LogP contribution in [0.1, 0.15) is 17.5 Å². The van der Waals surface area contributed by atoms with Crippen molar-refractivity contribution in [2.24, 2.45) is 0 Å². The molecule has 26 heavy (non-hydrogen) atoms. The lowest BCUT2D eigenvalue weighted by atomic mass is 10.1. The zero-order valence-electron chi connectivity index (χ0n) is 13.8. The lowest BCUT2D eigenvalue weighted by Gasteiger charge is -2.20. The summed E-state index contributed by atoms with van der Waals surface area (Å²) < 4.78 is 38.4. The molecule has 2 aromatic rings. The number of carbonyl (C=O) groups excluding carboxylic acids is 1. The third-order valence-electron chi connectivity index (χ3n) is 4.27. The minimum atomic E-state index is -4.43. The Labute approximate surface area is 148 Å². The molecule has 0 saturated carbocycles. The highest BCUT2D eigenvalue weighted by Gasteiger charge is 2.32. The van der Waals surface area contributed by atoms with E-state index in [0.717, 1.165) is 17.8 Å². The SMILES string of the molecule is O=C(Cc1ccc(O)cc1)N[C@@H]1CCN(c2cncc(C(F)(F)F)c2)C1. The van der Waals surface area contributed by atoms with Crippen LogP contribution in [0.2, 0.25) is 0 Å². The van der Waals surface area contributed by atoms with Crippen molar-refractivity contribution in [3.05, 3.63) is 53.9 Å². The number of phenols is 1. The zero-order chi connectivity index (χ0) is 18.7. The van der Waals surface area contributed by atoms with Crippen molar-refractivity contribution >= 4 is 11.6 Å². The molecule has 1 fully saturated rings. The topological polar surface area (TPSA) is 65.5 Å². The summed E-state index contributed by atoms with van der Waals surface area (Å²) in [6, 6.07) is 7.32. The molecule has 8 heteroatoms. The number of halogens is 3. The fraction of sp³-hybridized carbons (Fsp3) is 0.333. The maximum atomic E-state index is 12.8. The highest BCUT2D eigenvalue weighted by Crippen LogP contribution is 2.31. The van der Waals surface area contributed by atoms with Gasteiger partial charge in [0.05, 0.1) is 23.9 Å². The van der Waals surface area contributed by atoms with E-state index in [4.69, 9.17) is 0 Å². The Kier molecular flexibility index (Phi) is 5.01. The van der Waals surface area contributed by atoms with E-state index in [9.17, 15) is 23.1 Å². The molecule has 1 aromatic carbocycles. The first-order chi connectivity index (χ1) is 12.3. The van der Waals surface area contributed by atoms with Crippen molar-refractivity contribution in [1.82, 2.24) is 10.3 Å². The van der Waals surface area contributed by atoms with Crippen LogP contribution in [0.25, 0.3) is 0 Å². The minimum Gasteiger partial charge on any atom is -0.508 e. The summed E-state index contributed by atoms with van der Waals surface area (Å²) >= 11 is 0. The number of hydrogen-bond acceptors (Lipinski definition) is 4. The molecular formula is C18H18F3N3O2. The fourth-order valence-electron chi connectivity index (χ4n) is 2.95. The lowest BCUT2D eigenvalue weighted by Crippen LogP contribution is -2.38. The van der Waals surface area contributed by atoms with Crippen LogP contribution in [0.5, 0.6) is 5.75 Å². The molecule has 138 valence electrons. The Morgan fingerprint density at radius 2 is 2.00 bits per heavy atom. The van der Waals surface area contributed by atoms with E-state index in [1.807, 2.05) is 0 Å². The van der Waals surface area contributed by atoms with Crippen LogP contribution in [0.3, 0.4) is 0 Å². The molecule has 2 heterocycles. The summed E-state index contributed by atoms with van der Waals surface area (Å²) in [5.74, 6) is -0.0278. The predicted molar refractivity (Wildman–Crippen MR) is 89.8 cm³/mol. The Bertz CT molecular complexity index is 778. The number of pyridine rings is 1. The van der Waals surface area contributed by atoms with Gasteiger partial charge in [-0.05, 0) is 30.2 Å². The van der Waals surface area contributed by atoms with Crippen LogP contribution in [-0.2, 0) is 17.4 Å². The van der Waals surface area contributed by atoms with Crippen molar-refractivity contribution in [2.75, 3.05) is 18.0 Å². The summed E-state index contributed by atoms with van der Waals surface area (Å²) in [6.07, 6.45) is -1.40. The summed E-state index contributed by atoms with van der Waals surface area (Å²) in [4.78, 5) is 17.6. The Morgan fingerprint density at radius 1 is 1.27 bits per heavy atom. The zero-order valence-corrected chi connectivity index (χ0v) is 13.8. The van der Waals surface area contributed by atoms with Crippen LogP contribution in [0, 0.1) is 0 Å². The van der Waals surface area contributed by atoms with Crippen molar-refractivity contribution in [3.8, 4) is 5.75 Å². The first-order valence-electron chi connectivity index (χ1n) is 8.16. The van der Waals surface area contributed by atoms with Crippen LogP contribution >= 0.6 is 0 Å². The van der Waals surface area contributed by atoms with E-state index in [-0.39, 0.29) is 24.1 Å². The quantitative estimate of drug-likeness (QED) is 0.875. The van der Waals surface area contributed by atoms with Gasteiger partial charge in [-0.3, -0.25) is 9.78 Å². The molecule has 0 unspecified atom stereocenters. The summed E-state index contributed by atoms with van der Waals surface area (Å²) in [5.41, 5.74) is 0.391. The van der Waals surface area contributed by atoms with Gasteiger partial charge in [0, 0.05) is 25.3 Å². The van der Waals surface area contributed by atoms with Gasteiger partial charge in [0.2, 0.25) is 5.91 Å². The standard InChI is InChI=1S/C18H18F3N3O2/c19-18(20,21)13-8-15(10-22-9-13)24-6-5-14(11-24)23-17(26)7-12-1-3-16(25)4-2-12/h1-4,8-10,14,25H,5-7,11H2,(H,23,26)/t14-/m1/s1. The van der Waals surface area contributed by atoms with Crippen molar-refractivity contribution in [3.63, 3.8) is 0 Å². The molecule has 0 radical (unpaired) electrons. The number of phenolic OH excluding ortho intramolecular Hbond substituents is 1. The number of nitrogens with zero attached hydrogens (tertiary/aromatic N) is 2. The third kappa shape index (κ3) is 4.44. The number of hydrogen-bond donors (Lipinski definition) is 2. The van der Waals surface area contributed by atoms with Gasteiger partial charge in [0.25, 0.3) is 0 Å². The predicted octanol–water partition coefficient (Wildman–Crippen LogP) is 2.74. The number of nitrogens with one attached hydrogen (secondary N) is 1. The molecule has 1 atom stereocenters. The van der Waals surface area contributed by atoms with Crippen molar-refractivity contribution in [1.29, 1.82) is 0 Å². The van der Waals surface area contributed by atoms with Crippen LogP contribution in [0.15, 0.2) is 42.7 Å². The molecule has 2 N–H and O–H groups in total. The summed E-state index contributed by atoms with van der Waals surface area (Å²) in [7, 11) is 0. The minimum absolute atomic E-state index is 0.130. The van der Waals surface area contributed by atoms with E-state index in [1.165, 1.54) is 18.3 Å². The van der Waals surface area contributed by atoms with Gasteiger partial charge in [0.1, 0.15) is 5.75 Å². The molecule has 1 aromatic heterocycles. The smallest absolute Gasteiger partial charge is 0.417 e. The number of aromatic hydroxyl groups is 1. The second-order valence-electron chi connectivity index (χ2n) is 6.27. The number of amides is 1. The highest BCUT2D eigenvalue weighted by atomic mass is 19.4. The second kappa shape index (κ2) is 7.23. The maximum absolute atomic E-state index is 12.8. The van der Waals surface area contributed by atoms with Crippen molar-refractivity contribution in [2.45, 2.75) is 25.1 Å². The van der Waals surface area contributed by atoms with Gasteiger partial charge in [-0.1, -0.05) is 12.1 Å². The van der Waals surface area contributed by atoms with Gasteiger partial charge in [0.15, 0.2) is 0 Å². The second-order valence-corrected chi connectivity index (χ2v) is 6.27. The maximum Gasteiger partial charge on any atom is 0.417 e. The van der Waals surface area contributed by atoms with E-state index in [0.29, 0.717) is 25.2 Å². The van der Waals surface area contributed by atoms with Gasteiger partial charge in [-0.2, -0.15) is 13.2 Å². The van der Waals surface area contributed by atoms with E-state index < -0.39 is 11.7 Å². The molecule has 0 aliphatic carbocycles. The number of anilines is 1. The average molecular weight is 365 g/mol. The molecular weight excluding hydrogens is 347 g/mol. The fourth-order valence-corrected chi connectivity index (χ4v) is 2.95. The number of alkyl halides is 3. The third-order valence-corrected chi connectivity index (χ3v) is 4.27. The lowest BCUT2D eigenvalue weighted by molar-refractivity contribution is -0.137. The van der Waals surface area contributed by atoms with E-state index >= 15 is 0 Å². The first kappa shape index (κ1) is 18.0. The molecule has 0 spiro atoms. The summed E-state index contributed by atoms with van der Waals surface area (Å²) in [6.45, 7) is 0.984. The summed E-state index contributed by atoms with van der Waals surface area (Å²) in [5, 5.41) is 12.1. The molecule has 1 aliphatic heterocycles. The molecule has 0 bridgehead atoms. The van der Waals surface area contributed by atoms with Crippen LogP contribution in [-0.4, -0.2) is 35.1 Å². The van der Waals surface area contributed by atoms with E-state index in [2.05, 4.69) is 10.3 Å². The van der Waals surface area contributed by atoms with Gasteiger partial charge < -0.3 is 15.3 Å². The highest BCUT2D eigenvalue weighted by molar-refractivity contribution is 5.79. The first-order valence-corrected chi connectivity index (χ1v) is 8.16. The normalized spacial score (nSPS) is 17.3. The van der Waals surface area contributed by atoms with Gasteiger partial charge in [-0.15, -0.1) is 0 Å². The van der Waals surface area contributed by atoms with Crippen molar-refractivity contribution < 1.29 is 23.1 Å². The Balaban J connectivity index is 1.57. The average Bonchev–Trinajstić information content (AvgIpc) is 3.05. The van der Waals surface area contributed by atoms with Crippen LogP contribution in [0.4, 0.5) is 18.9 Å². The molecule has 3 rings (SSSR count). The monoisotopic (exact) mass is 365 g/mol. The number of rotatable bonds is 4. The molecule has 5 nitrogen and oxygen atoms in total. The van der Waals surface area contributed by atoms with E-state index in [1.54, 1.807) is 17.0 Å². The molecule has 1 amide bonds. The Morgan fingerprint density at radius 3 is 2.69 bits per heavy atom. The Hall–Kier alpha value is -2.77. The number of carbonyl (C=O) groups is 1. The molecule has 1 aliphatic rings. The van der Waals surface area contributed by atoms with Crippen LogP contribution < -0.4 is 10.2 Å². The van der Waals surface area contributed by atoms with Gasteiger partial charge >= 0.3 is 6.18 Å². The number of aromatic nitrogens is 1. The molecule has 1 saturated heterocycles. The number of benzene rings is 1. The largest absolute Gasteiger partial charge is 0.508 e. The van der Waals surface area contributed by atoms with Gasteiger partial charge in [-0.25, -0.2) is 0 Å².